The third-order valence-electron chi connectivity index (χ3n) is 0.470. The Morgan fingerprint density at radius 2 is 2.00 bits per heavy atom. The average Bonchev–Trinajstić information content (AvgIpc) is 1.61. The maximum absolute atomic E-state index is 8.08. The number of nitrogens with zero attached hydrogens (tertiary/aromatic N) is 1. The van der Waals surface area contributed by atoms with Gasteiger partial charge in [-0.15, -0.1) is 0 Å². The molecule has 0 unspecified atom stereocenters. The molecule has 0 saturated carbocycles. The van der Waals surface area contributed by atoms with Gasteiger partial charge in [-0.2, -0.15) is 0 Å². The minimum absolute atomic E-state index is 1.00. The minimum atomic E-state index is 1.00. The molecule has 0 radical (unpaired) electrons. The summed E-state index contributed by atoms with van der Waals surface area (Å²) in [4.78, 5) is 0. The van der Waals surface area contributed by atoms with Gasteiger partial charge in [0.05, 0.1) is 6.26 Å². The van der Waals surface area contributed by atoms with Crippen LogP contribution in [0.3, 0.4) is 0 Å². The fourth-order valence-corrected chi connectivity index (χ4v) is 0.211. The Morgan fingerprint density at radius 1 is 1.43 bits per heavy atom. The van der Waals surface area contributed by atoms with Crippen LogP contribution in [-0.2, 0) is 0 Å². The van der Waals surface area contributed by atoms with E-state index in [0.717, 1.165) is 6.26 Å². The molecule has 0 aliphatic rings. The molecule has 2 heteroatoms. The highest BCUT2D eigenvalue weighted by Crippen LogP contribution is 1.57. The second-order valence-corrected chi connectivity index (χ2v) is 1.45. The van der Waals surface area contributed by atoms with Gasteiger partial charge in [0, 0.05) is 6.08 Å². The fourth-order valence-electron chi connectivity index (χ4n) is 0.211. The summed E-state index contributed by atoms with van der Waals surface area (Å²) in [6.45, 7) is 0. The fraction of sp³-hybridized carbons (Fsp3) is 0.400. The lowest BCUT2D eigenvalue weighted by Gasteiger charge is -1.75. The Bertz CT molecular complexity index is 90.3. The van der Waals surface area contributed by atoms with E-state index >= 15 is 0 Å². The molecular formula is C5H10NO+. The van der Waals surface area contributed by atoms with Crippen molar-refractivity contribution in [2.75, 3.05) is 14.1 Å². The van der Waals surface area contributed by atoms with Crippen LogP contribution < -0.4 is 0 Å². The maximum atomic E-state index is 8.08. The molecule has 0 aromatic rings. The van der Waals surface area contributed by atoms with Gasteiger partial charge in [0.2, 0.25) is 0 Å². The van der Waals surface area contributed by atoms with E-state index in [0.29, 0.717) is 0 Å². The lowest BCUT2D eigenvalue weighted by atomic mass is 10.7. The van der Waals surface area contributed by atoms with Gasteiger partial charge in [-0.25, -0.2) is 4.58 Å². The quantitative estimate of drug-likeness (QED) is 0.288. The summed E-state index contributed by atoms with van der Waals surface area (Å²) in [5.74, 6) is 0. The van der Waals surface area contributed by atoms with Crippen molar-refractivity contribution in [1.29, 1.82) is 0 Å². The van der Waals surface area contributed by atoms with E-state index in [1.54, 1.807) is 12.3 Å². The molecule has 0 spiro atoms. The molecule has 1 N–H and O–H groups in total. The zero-order chi connectivity index (χ0) is 5.70. The van der Waals surface area contributed by atoms with Gasteiger partial charge in [0.25, 0.3) is 0 Å². The van der Waals surface area contributed by atoms with Gasteiger partial charge in [-0.05, 0) is 0 Å². The first-order valence-corrected chi connectivity index (χ1v) is 2.08. The van der Waals surface area contributed by atoms with Crippen molar-refractivity contribution in [2.24, 2.45) is 0 Å². The molecule has 40 valence electrons. The van der Waals surface area contributed by atoms with Crippen LogP contribution in [0.1, 0.15) is 0 Å². The second-order valence-electron chi connectivity index (χ2n) is 1.45. The van der Waals surface area contributed by atoms with Gasteiger partial charge >= 0.3 is 0 Å². The summed E-state index contributed by atoms with van der Waals surface area (Å²) in [6, 6.07) is 0. The molecule has 0 atom stereocenters. The van der Waals surface area contributed by atoms with Crippen LogP contribution in [0.4, 0.5) is 0 Å². The number of aliphatic hydroxyl groups is 1. The largest absolute Gasteiger partial charge is 0.515 e. The predicted molar refractivity (Wildman–Crippen MR) is 29.9 cm³/mol. The Hall–Kier alpha value is -0.790. The summed E-state index contributed by atoms with van der Waals surface area (Å²) >= 11 is 0. The van der Waals surface area contributed by atoms with Crippen molar-refractivity contribution in [3.05, 3.63) is 12.3 Å². The molecule has 2 nitrogen and oxygen atoms in total. The summed E-state index contributed by atoms with van der Waals surface area (Å²) in [5, 5.41) is 8.08. The minimum Gasteiger partial charge on any atom is -0.515 e. The number of hydrogen-bond donors (Lipinski definition) is 1. The molecule has 0 aromatic carbocycles. The highest BCUT2D eigenvalue weighted by Gasteiger charge is 1.71. The first kappa shape index (κ1) is 6.21. The van der Waals surface area contributed by atoms with Crippen LogP contribution in [0, 0.1) is 0 Å². The van der Waals surface area contributed by atoms with E-state index in [1.807, 2.05) is 18.7 Å². The van der Waals surface area contributed by atoms with E-state index in [-0.39, 0.29) is 0 Å². The van der Waals surface area contributed by atoms with E-state index < -0.39 is 0 Å². The van der Waals surface area contributed by atoms with Crippen LogP contribution in [0.5, 0.6) is 0 Å². The third kappa shape index (κ3) is 5.21. The zero-order valence-electron chi connectivity index (χ0n) is 4.63. The van der Waals surface area contributed by atoms with Gasteiger partial charge < -0.3 is 5.11 Å². The summed E-state index contributed by atoms with van der Waals surface area (Å²) in [6.07, 6.45) is 4.31. The molecular weight excluding hydrogens is 90.1 g/mol. The van der Waals surface area contributed by atoms with Crippen molar-refractivity contribution in [3.8, 4) is 0 Å². The van der Waals surface area contributed by atoms with Crippen LogP contribution >= 0.6 is 0 Å². The monoisotopic (exact) mass is 100 g/mol. The molecule has 0 fully saturated rings. The van der Waals surface area contributed by atoms with Crippen LogP contribution in [0.25, 0.3) is 0 Å². The van der Waals surface area contributed by atoms with E-state index in [9.17, 15) is 0 Å². The van der Waals surface area contributed by atoms with Crippen molar-refractivity contribution in [1.82, 2.24) is 0 Å². The molecule has 0 saturated heterocycles. The Labute approximate surface area is 43.4 Å². The Morgan fingerprint density at radius 3 is 2.14 bits per heavy atom. The van der Waals surface area contributed by atoms with Crippen molar-refractivity contribution in [2.45, 2.75) is 0 Å². The lowest BCUT2D eigenvalue weighted by Crippen LogP contribution is -1.94. The topological polar surface area (TPSA) is 23.2 Å². The Balaban J connectivity index is 3.46. The standard InChI is InChI=1S/C5H9NO/c1-6(2)4-3-5-7/h3-5H,1-2H3/p+1. The van der Waals surface area contributed by atoms with E-state index in [2.05, 4.69) is 0 Å². The van der Waals surface area contributed by atoms with Crippen molar-refractivity contribution < 1.29 is 9.68 Å². The van der Waals surface area contributed by atoms with E-state index in [1.165, 1.54) is 0 Å². The molecule has 0 aliphatic heterocycles. The molecule has 0 heterocycles. The molecule has 0 bridgehead atoms. The normalized spacial score (nSPS) is 9.43. The van der Waals surface area contributed by atoms with Gasteiger partial charge in [-0.1, -0.05) is 0 Å². The van der Waals surface area contributed by atoms with E-state index in [4.69, 9.17) is 5.11 Å². The predicted octanol–water partition coefficient (Wildman–Crippen LogP) is 0.401. The average molecular weight is 100 g/mol. The highest BCUT2D eigenvalue weighted by atomic mass is 16.2. The van der Waals surface area contributed by atoms with Gasteiger partial charge in [-0.3, -0.25) is 0 Å². The SMILES string of the molecule is C[N+](C)=CC=CO. The first-order valence-electron chi connectivity index (χ1n) is 2.08. The number of aliphatic hydroxyl groups excluding tert-OH is 1. The zero-order valence-corrected chi connectivity index (χ0v) is 4.63. The third-order valence-corrected chi connectivity index (χ3v) is 0.470. The van der Waals surface area contributed by atoms with Crippen LogP contribution in [0.2, 0.25) is 0 Å². The molecule has 0 rings (SSSR count). The Kier molecular flexibility index (Phi) is 3.02. The molecule has 0 amide bonds. The smallest absolute Gasteiger partial charge is 0.165 e. The molecule has 0 aliphatic carbocycles. The van der Waals surface area contributed by atoms with Crippen LogP contribution in [0.15, 0.2) is 12.3 Å². The summed E-state index contributed by atoms with van der Waals surface area (Å²) < 4.78 is 1.84. The van der Waals surface area contributed by atoms with Crippen molar-refractivity contribution in [3.63, 3.8) is 0 Å². The highest BCUT2D eigenvalue weighted by molar-refractivity contribution is 5.65. The number of hydrogen-bond acceptors (Lipinski definition) is 1. The molecule has 0 aromatic heterocycles. The van der Waals surface area contributed by atoms with Crippen LogP contribution in [-0.4, -0.2) is 30.0 Å². The number of allylic oxidation sites excluding steroid dienone is 1. The van der Waals surface area contributed by atoms with Gasteiger partial charge in [0.15, 0.2) is 6.21 Å². The lowest BCUT2D eigenvalue weighted by molar-refractivity contribution is -0.458. The maximum Gasteiger partial charge on any atom is 0.165 e. The first-order chi connectivity index (χ1) is 3.27. The van der Waals surface area contributed by atoms with Crippen molar-refractivity contribution >= 4 is 6.21 Å². The molecule has 7 heavy (non-hydrogen) atoms. The number of rotatable bonds is 1. The summed E-state index contributed by atoms with van der Waals surface area (Å²) in [7, 11) is 3.78. The van der Waals surface area contributed by atoms with Gasteiger partial charge in [0.1, 0.15) is 14.1 Å². The second kappa shape index (κ2) is 3.40. The summed E-state index contributed by atoms with van der Waals surface area (Å²) in [5.41, 5.74) is 0.